The first-order valence-corrected chi connectivity index (χ1v) is 9.87. The van der Waals surface area contributed by atoms with Crippen molar-refractivity contribution in [2.45, 2.75) is 18.9 Å². The van der Waals surface area contributed by atoms with Crippen LogP contribution in [0.1, 0.15) is 33.6 Å². The van der Waals surface area contributed by atoms with Gasteiger partial charge in [0.05, 0.1) is 16.9 Å². The average Bonchev–Trinajstić information content (AvgIpc) is 2.84. The number of nitrogens with one attached hydrogen (secondary N) is 1. The Morgan fingerprint density at radius 2 is 1.81 bits per heavy atom. The Kier molecular flexibility index (Phi) is 4.97. The van der Waals surface area contributed by atoms with Crippen LogP contribution in [0.25, 0.3) is 0 Å². The fraction of sp³-hybridized carbons (Fsp3) is 0.438. The van der Waals surface area contributed by atoms with Crippen molar-refractivity contribution in [1.29, 1.82) is 0 Å². The van der Waals surface area contributed by atoms with E-state index in [0.29, 0.717) is 19.4 Å². The summed E-state index contributed by atoms with van der Waals surface area (Å²) in [5.41, 5.74) is 0.541. The van der Waals surface area contributed by atoms with E-state index in [2.05, 4.69) is 4.72 Å². The largest absolute Gasteiger partial charge is 0.465 e. The topological polar surface area (TPSA) is 124 Å². The van der Waals surface area contributed by atoms with E-state index in [4.69, 9.17) is 5.11 Å². The van der Waals surface area contributed by atoms with E-state index in [9.17, 15) is 22.8 Å². The van der Waals surface area contributed by atoms with Gasteiger partial charge in [0, 0.05) is 25.7 Å². The number of carbonyl (C=O) groups excluding carboxylic acids is 2. The van der Waals surface area contributed by atoms with Crippen molar-refractivity contribution in [1.82, 2.24) is 14.5 Å². The van der Waals surface area contributed by atoms with Gasteiger partial charge in [0.1, 0.15) is 0 Å². The lowest BCUT2D eigenvalue weighted by molar-refractivity contribution is 0.0663. The highest BCUT2D eigenvalue weighted by Gasteiger charge is 2.36. The molecule has 1 atom stereocenters. The van der Waals surface area contributed by atoms with Crippen LogP contribution >= 0.6 is 0 Å². The smallest absolute Gasteiger partial charge is 0.407 e. The zero-order chi connectivity index (χ0) is 18.9. The molecular weight excluding hydrogens is 362 g/mol. The van der Waals surface area contributed by atoms with Crippen LogP contribution in [0.3, 0.4) is 0 Å². The Morgan fingerprint density at radius 1 is 1.19 bits per heavy atom. The van der Waals surface area contributed by atoms with Crippen LogP contribution in [0.4, 0.5) is 4.79 Å². The number of hydrogen-bond acceptors (Lipinski definition) is 5. The zero-order valence-corrected chi connectivity index (χ0v) is 14.7. The highest BCUT2D eigenvalue weighted by molar-refractivity contribution is 7.89. The molecular formula is C16H19N3O6S. The third-order valence-electron chi connectivity index (χ3n) is 4.50. The second-order valence-corrected chi connectivity index (χ2v) is 8.19. The number of amides is 3. The summed E-state index contributed by atoms with van der Waals surface area (Å²) < 4.78 is 27.1. The molecule has 1 saturated heterocycles. The summed E-state index contributed by atoms with van der Waals surface area (Å²) in [5.74, 6) is -1.44. The van der Waals surface area contributed by atoms with Crippen molar-refractivity contribution in [3.8, 4) is 0 Å². The molecule has 0 bridgehead atoms. The van der Waals surface area contributed by atoms with Gasteiger partial charge in [-0.2, -0.15) is 0 Å². The van der Waals surface area contributed by atoms with Crippen molar-refractivity contribution < 1.29 is 27.9 Å². The highest BCUT2D eigenvalue weighted by Crippen LogP contribution is 2.22. The zero-order valence-electron chi connectivity index (χ0n) is 13.9. The Balaban J connectivity index is 1.60. The molecule has 1 aromatic rings. The second kappa shape index (κ2) is 7.04. The molecule has 0 aromatic heterocycles. The van der Waals surface area contributed by atoms with Crippen LogP contribution in [0.15, 0.2) is 24.3 Å². The van der Waals surface area contributed by atoms with Crippen LogP contribution in [-0.4, -0.2) is 72.7 Å². The van der Waals surface area contributed by atoms with Crippen molar-refractivity contribution in [3.05, 3.63) is 35.4 Å². The van der Waals surface area contributed by atoms with Gasteiger partial charge in [0.25, 0.3) is 11.8 Å². The number of benzene rings is 1. The number of carboxylic acid groups (broad SMARTS) is 1. The van der Waals surface area contributed by atoms with Crippen molar-refractivity contribution in [2.75, 3.05) is 25.4 Å². The van der Waals surface area contributed by atoms with Gasteiger partial charge in [-0.1, -0.05) is 12.1 Å². The average molecular weight is 381 g/mol. The minimum Gasteiger partial charge on any atom is -0.465 e. The molecule has 140 valence electrons. The number of nitrogens with zero attached hydrogens (tertiary/aromatic N) is 2. The minimum absolute atomic E-state index is 0.0849. The molecule has 0 unspecified atom stereocenters. The summed E-state index contributed by atoms with van der Waals surface area (Å²) >= 11 is 0. The van der Waals surface area contributed by atoms with E-state index in [1.807, 2.05) is 0 Å². The van der Waals surface area contributed by atoms with Gasteiger partial charge in [-0.3, -0.25) is 14.5 Å². The molecule has 0 spiro atoms. The minimum atomic E-state index is -3.77. The Hall–Kier alpha value is -2.46. The van der Waals surface area contributed by atoms with Crippen LogP contribution in [0.2, 0.25) is 0 Å². The molecule has 1 fully saturated rings. The molecule has 0 aliphatic carbocycles. The number of carbonyl (C=O) groups is 3. The summed E-state index contributed by atoms with van der Waals surface area (Å²) in [5, 5.41) is 9.01. The molecule has 3 rings (SSSR count). The maximum Gasteiger partial charge on any atom is 0.407 e. The predicted molar refractivity (Wildman–Crippen MR) is 91.4 cm³/mol. The Bertz CT molecular complexity index is 818. The van der Waals surface area contributed by atoms with Gasteiger partial charge in [-0.25, -0.2) is 17.9 Å². The quantitative estimate of drug-likeness (QED) is 0.709. The monoisotopic (exact) mass is 381 g/mol. The van der Waals surface area contributed by atoms with Crippen LogP contribution in [0.5, 0.6) is 0 Å². The molecule has 2 heterocycles. The van der Waals surface area contributed by atoms with Crippen LogP contribution < -0.4 is 4.72 Å². The molecule has 9 nitrogen and oxygen atoms in total. The Morgan fingerprint density at radius 3 is 2.38 bits per heavy atom. The lowest BCUT2D eigenvalue weighted by Gasteiger charge is -2.31. The molecule has 3 amide bonds. The Labute approximate surface area is 150 Å². The summed E-state index contributed by atoms with van der Waals surface area (Å²) in [6.07, 6.45) is 0.0217. The summed E-state index contributed by atoms with van der Waals surface area (Å²) in [4.78, 5) is 37.6. The highest BCUT2D eigenvalue weighted by atomic mass is 32.2. The van der Waals surface area contributed by atoms with Gasteiger partial charge in [-0.05, 0) is 25.0 Å². The predicted octanol–water partition coefficient (Wildman–Crippen LogP) is 0.344. The fourth-order valence-electron chi connectivity index (χ4n) is 3.21. The van der Waals surface area contributed by atoms with Crippen molar-refractivity contribution >= 4 is 27.9 Å². The van der Waals surface area contributed by atoms with Crippen molar-refractivity contribution in [3.63, 3.8) is 0 Å². The van der Waals surface area contributed by atoms with E-state index in [1.165, 1.54) is 17.0 Å². The van der Waals surface area contributed by atoms with Crippen LogP contribution in [0, 0.1) is 0 Å². The molecule has 2 aliphatic heterocycles. The summed E-state index contributed by atoms with van der Waals surface area (Å²) in [6.45, 7) is 0.210. The number of sulfonamides is 1. The summed E-state index contributed by atoms with van der Waals surface area (Å²) in [6, 6.07) is 5.84. The number of hydrogen-bond donors (Lipinski definition) is 2. The first kappa shape index (κ1) is 18.3. The maximum absolute atomic E-state index is 12.3. The first-order valence-electron chi connectivity index (χ1n) is 8.21. The van der Waals surface area contributed by atoms with Crippen molar-refractivity contribution in [2.24, 2.45) is 0 Å². The van der Waals surface area contributed by atoms with E-state index < -0.39 is 39.7 Å². The lowest BCUT2D eigenvalue weighted by atomic mass is 10.1. The van der Waals surface area contributed by atoms with Gasteiger partial charge >= 0.3 is 6.09 Å². The number of piperidine rings is 1. The standard InChI is InChI=1S/C16H19N3O6S/c20-14-12-5-1-2-6-13(12)15(21)19(14)8-9-26(24,25)17-11-4-3-7-18(10-11)16(22)23/h1-2,5-6,11,17H,3-4,7-10H2,(H,22,23)/t11-/m0/s1. The molecule has 2 aliphatic rings. The van der Waals surface area contributed by atoms with Gasteiger partial charge in [0.2, 0.25) is 10.0 Å². The molecule has 1 aromatic carbocycles. The molecule has 0 radical (unpaired) electrons. The molecule has 10 heteroatoms. The fourth-order valence-corrected chi connectivity index (χ4v) is 4.45. The number of fused-ring (bicyclic) bond motifs is 1. The molecule has 26 heavy (non-hydrogen) atoms. The third kappa shape index (κ3) is 3.70. The SMILES string of the molecule is O=C(O)N1CCC[C@H](NS(=O)(=O)CCN2C(=O)c3ccccc3C2=O)C1. The van der Waals surface area contributed by atoms with E-state index in [1.54, 1.807) is 12.1 Å². The molecule has 0 saturated carbocycles. The summed E-state index contributed by atoms with van der Waals surface area (Å²) in [7, 11) is -3.77. The van der Waals surface area contributed by atoms with Gasteiger partial charge < -0.3 is 10.0 Å². The number of imide groups is 1. The maximum atomic E-state index is 12.3. The molecule has 2 N–H and O–H groups in total. The van der Waals surface area contributed by atoms with E-state index in [-0.39, 0.29) is 24.2 Å². The number of rotatable bonds is 5. The van der Waals surface area contributed by atoms with E-state index >= 15 is 0 Å². The van der Waals surface area contributed by atoms with E-state index in [0.717, 1.165) is 4.90 Å². The second-order valence-electron chi connectivity index (χ2n) is 6.31. The third-order valence-corrected chi connectivity index (χ3v) is 5.91. The number of likely N-dealkylation sites (tertiary alicyclic amines) is 1. The normalized spacial score (nSPS) is 20.4. The lowest BCUT2D eigenvalue weighted by Crippen LogP contribution is -2.50. The van der Waals surface area contributed by atoms with Gasteiger partial charge in [-0.15, -0.1) is 0 Å². The van der Waals surface area contributed by atoms with Gasteiger partial charge in [0.15, 0.2) is 0 Å². The van der Waals surface area contributed by atoms with Crippen LogP contribution in [-0.2, 0) is 10.0 Å². The first-order chi connectivity index (χ1) is 12.3.